The summed E-state index contributed by atoms with van der Waals surface area (Å²) in [7, 11) is 3.38. The van der Waals surface area contributed by atoms with Crippen LogP contribution in [0.3, 0.4) is 0 Å². The zero-order valence-corrected chi connectivity index (χ0v) is 13.5. The summed E-state index contributed by atoms with van der Waals surface area (Å²) in [6, 6.07) is 4.77. The van der Waals surface area contributed by atoms with Gasteiger partial charge in [-0.25, -0.2) is 0 Å². The third-order valence-electron chi connectivity index (χ3n) is 5.12. The van der Waals surface area contributed by atoms with Crippen molar-refractivity contribution in [2.75, 3.05) is 39.7 Å². The molecule has 1 fully saturated rings. The monoisotopic (exact) mass is 308 g/mol. The molecule has 0 aromatic heterocycles. The van der Waals surface area contributed by atoms with Gasteiger partial charge in [0, 0.05) is 17.9 Å². The van der Waals surface area contributed by atoms with Gasteiger partial charge in [0.25, 0.3) is 0 Å². The Morgan fingerprint density at radius 3 is 2.67 bits per heavy atom. The van der Waals surface area contributed by atoms with Crippen molar-refractivity contribution in [3.8, 4) is 11.5 Å². The summed E-state index contributed by atoms with van der Waals surface area (Å²) in [6.45, 7) is 7.28. The number of hydrogen-bond donors (Lipinski definition) is 0. The van der Waals surface area contributed by atoms with Gasteiger partial charge in [0.15, 0.2) is 11.5 Å². The van der Waals surface area contributed by atoms with Gasteiger partial charge in [-0.1, -0.05) is 6.58 Å². The topological polar surface area (TPSA) is 18.5 Å². The molecule has 4 heteroatoms. The molecule has 21 heavy (non-hydrogen) atoms. The van der Waals surface area contributed by atoms with Crippen LogP contribution in [0.1, 0.15) is 17.2 Å². The van der Waals surface area contributed by atoms with Crippen LogP contribution in [0, 0.1) is 5.92 Å². The number of ether oxygens (including phenoxy) is 2. The van der Waals surface area contributed by atoms with Crippen LogP contribution in [0.15, 0.2) is 24.8 Å². The van der Waals surface area contributed by atoms with E-state index in [9.17, 15) is 0 Å². The lowest BCUT2D eigenvalue weighted by Gasteiger charge is -2.59. The molecule has 0 radical (unpaired) electrons. The second-order valence-electron chi connectivity index (χ2n) is 6.11. The number of halogens is 1. The molecule has 0 amide bonds. The van der Waals surface area contributed by atoms with E-state index in [4.69, 9.17) is 21.1 Å². The maximum atomic E-state index is 6.19. The van der Waals surface area contributed by atoms with Crippen LogP contribution in [0.4, 0.5) is 0 Å². The molecule has 3 rings (SSSR count). The van der Waals surface area contributed by atoms with Gasteiger partial charge in [0.2, 0.25) is 0 Å². The third kappa shape index (κ3) is 2.14. The maximum absolute atomic E-state index is 6.19. The van der Waals surface area contributed by atoms with Crippen LogP contribution in [0.2, 0.25) is 0 Å². The molecule has 114 valence electrons. The summed E-state index contributed by atoms with van der Waals surface area (Å²) >= 11 is 6.19. The Morgan fingerprint density at radius 1 is 1.33 bits per heavy atom. The van der Waals surface area contributed by atoms with Crippen molar-refractivity contribution in [2.45, 2.75) is 12.5 Å². The molecule has 0 aliphatic carbocycles. The van der Waals surface area contributed by atoms with Crippen molar-refractivity contribution in [1.82, 2.24) is 0 Å². The Hall–Kier alpha value is -1.19. The van der Waals surface area contributed by atoms with E-state index in [2.05, 4.69) is 18.7 Å². The van der Waals surface area contributed by atoms with Gasteiger partial charge in [0.1, 0.15) is 6.04 Å². The average molecular weight is 309 g/mol. The fourth-order valence-electron chi connectivity index (χ4n) is 4.21. The molecule has 2 aliphatic rings. The molecule has 0 saturated carbocycles. The second kappa shape index (κ2) is 5.54. The molecule has 2 heterocycles. The zero-order valence-electron chi connectivity index (χ0n) is 12.8. The summed E-state index contributed by atoms with van der Waals surface area (Å²) in [5.41, 5.74) is 2.77. The smallest absolute Gasteiger partial charge is 0.161 e. The highest BCUT2D eigenvalue weighted by Crippen LogP contribution is 2.52. The van der Waals surface area contributed by atoms with Crippen LogP contribution < -0.4 is 9.47 Å². The van der Waals surface area contributed by atoms with Crippen molar-refractivity contribution < 1.29 is 14.0 Å². The zero-order chi connectivity index (χ0) is 15.0. The lowest BCUT2D eigenvalue weighted by Crippen LogP contribution is -2.68. The molecule has 1 aromatic carbocycles. The van der Waals surface area contributed by atoms with Gasteiger partial charge in [-0.2, -0.15) is 0 Å². The standard InChI is InChI=1S/C17H23ClNO2/c1-4-6-19-7-5-12-8-15(20-2)16(21-3)9-14(12)17(19)13(10-18)11-19/h4,8-9,13,17H,1,5-7,10-11H2,2-3H3/q+1/t13-,17-,19-/m1/s1. The van der Waals surface area contributed by atoms with Crippen LogP contribution >= 0.6 is 11.6 Å². The summed E-state index contributed by atoms with van der Waals surface area (Å²) in [6.07, 6.45) is 3.12. The first-order chi connectivity index (χ1) is 10.2. The highest BCUT2D eigenvalue weighted by atomic mass is 35.5. The number of benzene rings is 1. The predicted molar refractivity (Wildman–Crippen MR) is 85.3 cm³/mol. The summed E-state index contributed by atoms with van der Waals surface area (Å²) in [5.74, 6) is 2.90. The van der Waals surface area contributed by atoms with E-state index in [1.165, 1.54) is 11.1 Å². The van der Waals surface area contributed by atoms with E-state index in [1.807, 2.05) is 6.08 Å². The van der Waals surface area contributed by atoms with E-state index in [-0.39, 0.29) is 0 Å². The molecular weight excluding hydrogens is 286 g/mol. The predicted octanol–water partition coefficient (Wildman–Crippen LogP) is 3.17. The fourth-order valence-corrected chi connectivity index (χ4v) is 4.48. The minimum absolute atomic E-state index is 0.476. The maximum Gasteiger partial charge on any atom is 0.161 e. The van der Waals surface area contributed by atoms with Crippen molar-refractivity contribution >= 4 is 11.6 Å². The molecule has 0 spiro atoms. The lowest BCUT2D eigenvalue weighted by atomic mass is 9.75. The second-order valence-corrected chi connectivity index (χ2v) is 6.42. The van der Waals surface area contributed by atoms with Gasteiger partial charge in [-0.05, 0) is 23.8 Å². The minimum Gasteiger partial charge on any atom is -0.493 e. The van der Waals surface area contributed by atoms with E-state index in [1.54, 1.807) is 14.2 Å². The quantitative estimate of drug-likeness (QED) is 0.472. The van der Waals surface area contributed by atoms with Crippen LogP contribution in [-0.2, 0) is 6.42 Å². The minimum atomic E-state index is 0.476. The van der Waals surface area contributed by atoms with E-state index in [0.29, 0.717) is 12.0 Å². The Labute approximate surface area is 131 Å². The van der Waals surface area contributed by atoms with Crippen LogP contribution in [0.5, 0.6) is 11.5 Å². The number of alkyl halides is 1. The fraction of sp³-hybridized carbons (Fsp3) is 0.529. The van der Waals surface area contributed by atoms with E-state index < -0.39 is 0 Å². The molecule has 0 unspecified atom stereocenters. The number of nitrogens with zero attached hydrogens (tertiary/aromatic N) is 1. The van der Waals surface area contributed by atoms with Crippen molar-refractivity contribution in [3.05, 3.63) is 35.9 Å². The third-order valence-corrected chi connectivity index (χ3v) is 5.51. The van der Waals surface area contributed by atoms with Crippen LogP contribution in [0.25, 0.3) is 0 Å². The lowest BCUT2D eigenvalue weighted by molar-refractivity contribution is -1.00. The van der Waals surface area contributed by atoms with Crippen molar-refractivity contribution in [2.24, 2.45) is 5.92 Å². The van der Waals surface area contributed by atoms with E-state index in [0.717, 1.165) is 47.9 Å². The van der Waals surface area contributed by atoms with Gasteiger partial charge in [-0.3, -0.25) is 0 Å². The molecule has 3 nitrogen and oxygen atoms in total. The van der Waals surface area contributed by atoms with Gasteiger partial charge in [0.05, 0.1) is 39.8 Å². The Morgan fingerprint density at radius 2 is 2.05 bits per heavy atom. The molecule has 0 bridgehead atoms. The summed E-state index contributed by atoms with van der Waals surface area (Å²) in [5, 5.41) is 0. The average Bonchev–Trinajstić information content (AvgIpc) is 2.49. The number of hydrogen-bond acceptors (Lipinski definition) is 2. The first kappa shape index (κ1) is 14.7. The van der Waals surface area contributed by atoms with Gasteiger partial charge in [-0.15, -0.1) is 11.6 Å². The van der Waals surface area contributed by atoms with Gasteiger partial charge < -0.3 is 14.0 Å². The first-order valence-electron chi connectivity index (χ1n) is 7.46. The molecular formula is C17H23ClNO2+. The highest BCUT2D eigenvalue weighted by molar-refractivity contribution is 6.18. The van der Waals surface area contributed by atoms with Gasteiger partial charge >= 0.3 is 0 Å². The number of fused-ring (bicyclic) bond motifs is 3. The Balaban J connectivity index is 2.05. The van der Waals surface area contributed by atoms with Crippen LogP contribution in [-0.4, -0.2) is 44.2 Å². The Kier molecular flexibility index (Phi) is 3.89. The SMILES string of the molecule is C=CC[N@+]12CCc3cc(OC)c(OC)cc3[C@H]1[C@H](CCl)C2. The molecule has 1 aromatic rings. The highest BCUT2D eigenvalue weighted by Gasteiger charge is 2.56. The normalized spacial score (nSPS) is 29.9. The Bertz CT molecular complexity index is 560. The molecule has 3 atom stereocenters. The largest absolute Gasteiger partial charge is 0.493 e. The first-order valence-corrected chi connectivity index (χ1v) is 8.00. The molecule has 0 N–H and O–H groups in total. The number of rotatable bonds is 5. The van der Waals surface area contributed by atoms with Crippen molar-refractivity contribution in [1.29, 1.82) is 0 Å². The number of methoxy groups -OCH3 is 2. The summed E-state index contributed by atoms with van der Waals surface area (Å²) in [4.78, 5) is 0. The number of quaternary nitrogens is 1. The summed E-state index contributed by atoms with van der Waals surface area (Å²) < 4.78 is 12.0. The van der Waals surface area contributed by atoms with Crippen molar-refractivity contribution in [3.63, 3.8) is 0 Å². The molecule has 1 saturated heterocycles. The van der Waals surface area contributed by atoms with E-state index >= 15 is 0 Å². The molecule has 2 aliphatic heterocycles.